The van der Waals surface area contributed by atoms with Gasteiger partial charge in [-0.25, -0.2) is 9.59 Å². The van der Waals surface area contributed by atoms with Crippen molar-refractivity contribution in [2.24, 2.45) is 0 Å². The summed E-state index contributed by atoms with van der Waals surface area (Å²) in [7, 11) is 0. The molecule has 0 saturated heterocycles. The van der Waals surface area contributed by atoms with Gasteiger partial charge in [-0.15, -0.1) is 0 Å². The molecule has 0 bridgehead atoms. The van der Waals surface area contributed by atoms with Gasteiger partial charge in [0.1, 0.15) is 5.60 Å². The fourth-order valence-electron chi connectivity index (χ4n) is 2.47. The smallest absolute Gasteiger partial charge is 0.331 e. The molecule has 28 heavy (non-hydrogen) atoms. The number of rotatable bonds is 5. The van der Waals surface area contributed by atoms with Crippen LogP contribution in [0.1, 0.15) is 41.5 Å². The van der Waals surface area contributed by atoms with Crippen LogP contribution in [0.3, 0.4) is 0 Å². The highest BCUT2D eigenvalue weighted by Gasteiger charge is 2.28. The maximum Gasteiger partial charge on any atom is 0.331 e. The van der Waals surface area contributed by atoms with E-state index in [9.17, 15) is 9.59 Å². The standard InChI is InChI=1S/C22H30N2O4/c1-21(2,3)27-14-18(19(25)28-22(4,5)6)24-20(26)23-17-12-11-15-9-7-8-10-16(15)13-17/h7-13,18H,14H2,1-6H3,(H2,23,24,26). The highest BCUT2D eigenvalue weighted by atomic mass is 16.6. The van der Waals surface area contributed by atoms with E-state index in [1.54, 1.807) is 20.8 Å². The summed E-state index contributed by atoms with van der Waals surface area (Å²) in [6.07, 6.45) is 0. The molecule has 2 aromatic carbocycles. The number of amides is 2. The molecular formula is C22H30N2O4. The van der Waals surface area contributed by atoms with Crippen molar-refractivity contribution in [1.82, 2.24) is 5.32 Å². The lowest BCUT2D eigenvalue weighted by atomic mass is 10.1. The van der Waals surface area contributed by atoms with Gasteiger partial charge in [0.2, 0.25) is 0 Å². The van der Waals surface area contributed by atoms with Crippen LogP contribution in [0.25, 0.3) is 10.8 Å². The molecule has 0 saturated carbocycles. The second-order valence-electron chi connectivity index (χ2n) is 8.67. The molecule has 2 N–H and O–H groups in total. The van der Waals surface area contributed by atoms with Crippen LogP contribution in [-0.4, -0.2) is 35.9 Å². The molecule has 2 aromatic rings. The molecular weight excluding hydrogens is 356 g/mol. The van der Waals surface area contributed by atoms with E-state index in [1.165, 1.54) is 0 Å². The van der Waals surface area contributed by atoms with Crippen LogP contribution in [0.2, 0.25) is 0 Å². The van der Waals surface area contributed by atoms with Gasteiger partial charge in [-0.2, -0.15) is 0 Å². The molecule has 0 aliphatic heterocycles. The Labute approximate surface area is 166 Å². The minimum absolute atomic E-state index is 0.0174. The van der Waals surface area contributed by atoms with E-state index < -0.39 is 29.2 Å². The molecule has 0 fully saturated rings. The summed E-state index contributed by atoms with van der Waals surface area (Å²) in [6, 6.07) is 12.1. The molecule has 6 heteroatoms. The Bertz CT molecular complexity index is 834. The molecule has 0 spiro atoms. The molecule has 0 aromatic heterocycles. The van der Waals surface area contributed by atoms with E-state index >= 15 is 0 Å². The predicted octanol–water partition coefficient (Wildman–Crippen LogP) is 4.49. The number of nitrogens with one attached hydrogen (secondary N) is 2. The summed E-state index contributed by atoms with van der Waals surface area (Å²) < 4.78 is 11.1. The van der Waals surface area contributed by atoms with Gasteiger partial charge in [-0.1, -0.05) is 30.3 Å². The summed E-state index contributed by atoms with van der Waals surface area (Å²) >= 11 is 0. The van der Waals surface area contributed by atoms with Gasteiger partial charge in [0.25, 0.3) is 0 Å². The maximum absolute atomic E-state index is 12.5. The number of carbonyl (C=O) groups excluding carboxylic acids is 2. The average molecular weight is 386 g/mol. The average Bonchev–Trinajstić information content (AvgIpc) is 2.56. The van der Waals surface area contributed by atoms with Crippen molar-refractivity contribution >= 4 is 28.5 Å². The number of esters is 1. The molecule has 0 radical (unpaired) electrons. The molecule has 2 rings (SSSR count). The first-order valence-electron chi connectivity index (χ1n) is 9.36. The van der Waals surface area contributed by atoms with Gasteiger partial charge in [0, 0.05) is 5.69 Å². The summed E-state index contributed by atoms with van der Waals surface area (Å²) in [6.45, 7) is 11.0. The Balaban J connectivity index is 2.07. The predicted molar refractivity (Wildman–Crippen MR) is 111 cm³/mol. The molecule has 1 atom stereocenters. The summed E-state index contributed by atoms with van der Waals surface area (Å²) in [5.41, 5.74) is -0.472. The van der Waals surface area contributed by atoms with Gasteiger partial charge in [0.05, 0.1) is 12.2 Å². The molecule has 152 valence electrons. The molecule has 2 amide bonds. The van der Waals surface area contributed by atoms with Crippen LogP contribution >= 0.6 is 0 Å². The third-order valence-corrected chi connectivity index (χ3v) is 3.69. The van der Waals surface area contributed by atoms with E-state index in [4.69, 9.17) is 9.47 Å². The molecule has 1 unspecified atom stereocenters. The van der Waals surface area contributed by atoms with E-state index in [-0.39, 0.29) is 6.61 Å². The van der Waals surface area contributed by atoms with Crippen molar-refractivity contribution in [3.8, 4) is 0 Å². The summed E-state index contributed by atoms with van der Waals surface area (Å²) in [5.74, 6) is -0.537. The monoisotopic (exact) mass is 386 g/mol. The zero-order valence-corrected chi connectivity index (χ0v) is 17.5. The van der Waals surface area contributed by atoms with Crippen LogP contribution in [0.15, 0.2) is 42.5 Å². The Hall–Kier alpha value is -2.60. The van der Waals surface area contributed by atoms with Crippen molar-refractivity contribution in [2.75, 3.05) is 11.9 Å². The Morgan fingerprint density at radius 3 is 2.18 bits per heavy atom. The number of ether oxygens (including phenoxy) is 2. The Morgan fingerprint density at radius 1 is 0.929 bits per heavy atom. The number of urea groups is 1. The molecule has 6 nitrogen and oxygen atoms in total. The second-order valence-corrected chi connectivity index (χ2v) is 8.67. The highest BCUT2D eigenvalue weighted by Crippen LogP contribution is 2.19. The van der Waals surface area contributed by atoms with Crippen molar-refractivity contribution in [2.45, 2.75) is 58.8 Å². The van der Waals surface area contributed by atoms with E-state index in [0.29, 0.717) is 5.69 Å². The van der Waals surface area contributed by atoms with Crippen LogP contribution < -0.4 is 10.6 Å². The lowest BCUT2D eigenvalue weighted by Gasteiger charge is -2.27. The van der Waals surface area contributed by atoms with E-state index in [0.717, 1.165) is 10.8 Å². The number of benzene rings is 2. The third-order valence-electron chi connectivity index (χ3n) is 3.69. The third kappa shape index (κ3) is 7.19. The van der Waals surface area contributed by atoms with Gasteiger partial charge in [0.15, 0.2) is 6.04 Å². The van der Waals surface area contributed by atoms with E-state index in [1.807, 2.05) is 63.2 Å². The minimum atomic E-state index is -0.918. The molecule has 0 aliphatic carbocycles. The number of anilines is 1. The normalized spacial score (nSPS) is 13.1. The van der Waals surface area contributed by atoms with Crippen LogP contribution in [0.5, 0.6) is 0 Å². The largest absolute Gasteiger partial charge is 0.458 e. The van der Waals surface area contributed by atoms with Gasteiger partial charge < -0.3 is 20.1 Å². The topological polar surface area (TPSA) is 76.7 Å². The Kier molecular flexibility index (Phi) is 6.67. The number of hydrogen-bond donors (Lipinski definition) is 2. The van der Waals surface area contributed by atoms with Crippen molar-refractivity contribution < 1.29 is 19.1 Å². The fraction of sp³-hybridized carbons (Fsp3) is 0.455. The summed E-state index contributed by atoms with van der Waals surface area (Å²) in [5, 5.41) is 7.52. The van der Waals surface area contributed by atoms with Crippen LogP contribution in [-0.2, 0) is 14.3 Å². The zero-order chi connectivity index (χ0) is 20.9. The molecule has 0 heterocycles. The quantitative estimate of drug-likeness (QED) is 0.743. The summed E-state index contributed by atoms with van der Waals surface area (Å²) in [4.78, 5) is 25.0. The lowest BCUT2D eigenvalue weighted by molar-refractivity contribution is -0.160. The van der Waals surface area contributed by atoms with Crippen molar-refractivity contribution in [1.29, 1.82) is 0 Å². The maximum atomic E-state index is 12.5. The van der Waals surface area contributed by atoms with Gasteiger partial charge in [-0.3, -0.25) is 0 Å². The minimum Gasteiger partial charge on any atom is -0.458 e. The second kappa shape index (κ2) is 8.61. The number of hydrogen-bond acceptors (Lipinski definition) is 4. The SMILES string of the molecule is CC(C)(C)OCC(NC(=O)Nc1ccc2ccccc2c1)C(=O)OC(C)(C)C. The Morgan fingerprint density at radius 2 is 1.57 bits per heavy atom. The van der Waals surface area contributed by atoms with Gasteiger partial charge in [-0.05, 0) is 64.4 Å². The van der Waals surface area contributed by atoms with Crippen LogP contribution in [0, 0.1) is 0 Å². The fourth-order valence-corrected chi connectivity index (χ4v) is 2.47. The van der Waals surface area contributed by atoms with Crippen molar-refractivity contribution in [3.05, 3.63) is 42.5 Å². The lowest BCUT2D eigenvalue weighted by Crippen LogP contribution is -2.49. The van der Waals surface area contributed by atoms with Crippen molar-refractivity contribution in [3.63, 3.8) is 0 Å². The first-order chi connectivity index (χ1) is 12.9. The van der Waals surface area contributed by atoms with Gasteiger partial charge >= 0.3 is 12.0 Å². The number of fused-ring (bicyclic) bond motifs is 1. The highest BCUT2D eigenvalue weighted by molar-refractivity contribution is 5.95. The first kappa shape index (κ1) is 21.7. The zero-order valence-electron chi connectivity index (χ0n) is 17.5. The first-order valence-corrected chi connectivity index (χ1v) is 9.36. The molecule has 0 aliphatic rings. The number of carbonyl (C=O) groups is 2. The van der Waals surface area contributed by atoms with E-state index in [2.05, 4.69) is 10.6 Å². The van der Waals surface area contributed by atoms with Crippen LogP contribution in [0.4, 0.5) is 10.5 Å².